The smallest absolute Gasteiger partial charge is 0.417 e. The van der Waals surface area contributed by atoms with E-state index in [1.54, 1.807) is 41.1 Å². The molecule has 2 aromatic carbocycles. The highest BCUT2D eigenvalue weighted by Crippen LogP contribution is 2.51. The molecule has 1 aliphatic carbocycles. The average molecular weight is 530 g/mol. The molecule has 9 heteroatoms. The van der Waals surface area contributed by atoms with Crippen LogP contribution in [0.3, 0.4) is 0 Å². The molecule has 8 nitrogen and oxygen atoms in total. The second-order valence-corrected chi connectivity index (χ2v) is 10.5. The lowest BCUT2D eigenvalue weighted by Crippen LogP contribution is -2.42. The summed E-state index contributed by atoms with van der Waals surface area (Å²) in [4.78, 5) is 41.0. The minimum absolute atomic E-state index is 0.202. The van der Waals surface area contributed by atoms with Crippen LogP contribution in [-0.2, 0) is 16.0 Å². The van der Waals surface area contributed by atoms with Crippen molar-refractivity contribution in [2.75, 3.05) is 27.1 Å². The van der Waals surface area contributed by atoms with E-state index < -0.39 is 23.6 Å². The highest BCUT2D eigenvalue weighted by atomic mass is 32.2. The van der Waals surface area contributed by atoms with Crippen LogP contribution in [0.15, 0.2) is 34.0 Å². The van der Waals surface area contributed by atoms with Gasteiger partial charge in [-0.1, -0.05) is 6.07 Å². The van der Waals surface area contributed by atoms with Crippen LogP contribution in [0.25, 0.3) is 11.1 Å². The van der Waals surface area contributed by atoms with Gasteiger partial charge in [-0.15, -0.1) is 11.8 Å². The number of ether oxygens (including phenoxy) is 4. The summed E-state index contributed by atoms with van der Waals surface area (Å²) in [6.07, 6.45) is 1.92. The molecule has 1 atom stereocenters. The molecule has 0 N–H and O–H groups in total. The number of amides is 2. The van der Waals surface area contributed by atoms with Gasteiger partial charge in [0.1, 0.15) is 5.60 Å². The number of nitrogens with zero attached hydrogens (tertiary/aromatic N) is 1. The third kappa shape index (κ3) is 5.87. The first kappa shape index (κ1) is 28.4. The Kier molecular flexibility index (Phi) is 8.79. The third-order valence-corrected chi connectivity index (χ3v) is 6.79. The first-order valence-electron chi connectivity index (χ1n) is 12.1. The van der Waals surface area contributed by atoms with E-state index in [1.165, 1.54) is 24.8 Å². The molecule has 200 valence electrons. The van der Waals surface area contributed by atoms with Crippen LogP contribution < -0.4 is 19.6 Å². The molecule has 0 fully saturated rings. The van der Waals surface area contributed by atoms with Gasteiger partial charge in [-0.2, -0.15) is 0 Å². The zero-order valence-corrected chi connectivity index (χ0v) is 23.5. The fourth-order valence-electron chi connectivity index (χ4n) is 4.61. The molecule has 37 heavy (non-hydrogen) atoms. The minimum atomic E-state index is -0.804. The molecule has 0 heterocycles. The topological polar surface area (TPSA) is 91.4 Å². The number of aryl methyl sites for hydroxylation is 1. The van der Waals surface area contributed by atoms with Crippen LogP contribution in [0.1, 0.15) is 58.2 Å². The number of benzene rings is 1. The number of carbonyl (C=O) groups excluding carboxylic acids is 2. The van der Waals surface area contributed by atoms with Crippen molar-refractivity contribution in [2.24, 2.45) is 0 Å². The molecule has 0 saturated carbocycles. The number of imide groups is 1. The molecule has 2 aromatic rings. The molecule has 1 aliphatic rings. The van der Waals surface area contributed by atoms with E-state index in [2.05, 4.69) is 0 Å². The second-order valence-electron chi connectivity index (χ2n) is 9.61. The Balaban J connectivity index is 2.39. The maximum atomic E-state index is 13.3. The Morgan fingerprint density at radius 2 is 1.78 bits per heavy atom. The van der Waals surface area contributed by atoms with E-state index in [1.807, 2.05) is 25.3 Å². The first-order chi connectivity index (χ1) is 17.5. The fraction of sp³-hybridized carbons (Fsp3) is 0.464. The number of methoxy groups -OCH3 is 2. The van der Waals surface area contributed by atoms with Crippen LogP contribution in [0, 0.1) is 0 Å². The SMILES string of the molecule is CCOc1cc2c(c(OC)c1OC)-c1ccc(SC)c(=O)cc1C(N(C(C)=O)C(=O)OC(C)(C)C)CC2. The predicted molar refractivity (Wildman–Crippen MR) is 144 cm³/mol. The molecule has 0 saturated heterocycles. The lowest BCUT2D eigenvalue weighted by molar-refractivity contribution is -0.130. The molecule has 0 aliphatic heterocycles. The summed E-state index contributed by atoms with van der Waals surface area (Å²) < 4.78 is 23.0. The molecule has 0 radical (unpaired) electrons. The number of thioether (sulfide) groups is 1. The van der Waals surface area contributed by atoms with Gasteiger partial charge in [0.05, 0.1) is 31.8 Å². The van der Waals surface area contributed by atoms with E-state index >= 15 is 0 Å². The normalized spacial score (nSPS) is 14.5. The van der Waals surface area contributed by atoms with E-state index in [0.29, 0.717) is 52.7 Å². The van der Waals surface area contributed by atoms with Crippen molar-refractivity contribution in [1.82, 2.24) is 4.90 Å². The quantitative estimate of drug-likeness (QED) is 0.445. The predicted octanol–water partition coefficient (Wildman–Crippen LogP) is 5.62. The molecule has 1 unspecified atom stereocenters. The zero-order valence-electron chi connectivity index (χ0n) is 22.7. The van der Waals surface area contributed by atoms with Gasteiger partial charge in [0.25, 0.3) is 0 Å². The summed E-state index contributed by atoms with van der Waals surface area (Å²) in [5.74, 6) is 0.953. The van der Waals surface area contributed by atoms with Crippen molar-refractivity contribution in [3.8, 4) is 28.4 Å². The van der Waals surface area contributed by atoms with Crippen LogP contribution in [0.5, 0.6) is 17.2 Å². The number of hydrogen-bond donors (Lipinski definition) is 0. The van der Waals surface area contributed by atoms with E-state index in [4.69, 9.17) is 18.9 Å². The van der Waals surface area contributed by atoms with Crippen LogP contribution in [0.2, 0.25) is 0 Å². The summed E-state index contributed by atoms with van der Waals surface area (Å²) in [5, 5.41) is 0. The lowest BCUT2D eigenvalue weighted by Gasteiger charge is -2.31. The Hall–Kier alpha value is -3.20. The van der Waals surface area contributed by atoms with Gasteiger partial charge in [0.15, 0.2) is 16.9 Å². The van der Waals surface area contributed by atoms with Crippen molar-refractivity contribution in [1.29, 1.82) is 0 Å². The zero-order chi connectivity index (χ0) is 27.5. The monoisotopic (exact) mass is 529 g/mol. The maximum absolute atomic E-state index is 13.3. The Morgan fingerprint density at radius 1 is 1.11 bits per heavy atom. The van der Waals surface area contributed by atoms with Gasteiger partial charge in [-0.25, -0.2) is 9.69 Å². The van der Waals surface area contributed by atoms with Crippen molar-refractivity contribution < 1.29 is 28.5 Å². The van der Waals surface area contributed by atoms with Crippen molar-refractivity contribution >= 4 is 23.8 Å². The molecule has 0 bridgehead atoms. The third-order valence-electron chi connectivity index (χ3n) is 6.01. The standard InChI is InChI=1S/C28H35NO7S/c1-9-35-22-14-17-10-12-20(29(16(2)30)27(32)36-28(3,4)5)19-15-21(31)23(37-8)13-11-18(19)24(17)26(34-7)25(22)33-6/h11,13-15,20H,9-10,12H2,1-8H3. The average Bonchev–Trinajstić information content (AvgIpc) is 3.06. The second kappa shape index (κ2) is 11.5. The van der Waals surface area contributed by atoms with E-state index in [0.717, 1.165) is 16.0 Å². The summed E-state index contributed by atoms with van der Waals surface area (Å²) in [5.41, 5.74) is 1.82. The van der Waals surface area contributed by atoms with E-state index in [9.17, 15) is 14.4 Å². The lowest BCUT2D eigenvalue weighted by atomic mass is 9.95. The Labute approximate surface area is 222 Å². The first-order valence-corrected chi connectivity index (χ1v) is 13.4. The molecule has 0 aromatic heterocycles. The van der Waals surface area contributed by atoms with Gasteiger partial charge >= 0.3 is 6.09 Å². The fourth-order valence-corrected chi connectivity index (χ4v) is 5.08. The Morgan fingerprint density at radius 3 is 2.32 bits per heavy atom. The molecular formula is C28H35NO7S. The van der Waals surface area contributed by atoms with Crippen LogP contribution in [0.4, 0.5) is 4.79 Å². The minimum Gasteiger partial charge on any atom is -0.492 e. The summed E-state index contributed by atoms with van der Waals surface area (Å²) in [6, 6.07) is 6.28. The summed E-state index contributed by atoms with van der Waals surface area (Å²) in [6.45, 7) is 8.87. The molecule has 2 amide bonds. The van der Waals surface area contributed by atoms with Gasteiger partial charge < -0.3 is 18.9 Å². The van der Waals surface area contributed by atoms with Crippen molar-refractivity contribution in [3.63, 3.8) is 0 Å². The number of fused-ring (bicyclic) bond motifs is 3. The highest BCUT2D eigenvalue weighted by Gasteiger charge is 2.37. The van der Waals surface area contributed by atoms with Crippen LogP contribution in [-0.4, -0.2) is 49.6 Å². The van der Waals surface area contributed by atoms with Crippen molar-refractivity contribution in [2.45, 2.75) is 64.0 Å². The van der Waals surface area contributed by atoms with Crippen LogP contribution >= 0.6 is 11.8 Å². The molecule has 0 spiro atoms. The number of hydrogen-bond acceptors (Lipinski definition) is 8. The summed E-state index contributed by atoms with van der Waals surface area (Å²) in [7, 11) is 3.09. The summed E-state index contributed by atoms with van der Waals surface area (Å²) >= 11 is 1.33. The Bertz CT molecular complexity index is 1250. The number of carbonyl (C=O) groups is 2. The van der Waals surface area contributed by atoms with Gasteiger partial charge in [-0.05, 0) is 81.7 Å². The highest BCUT2D eigenvalue weighted by molar-refractivity contribution is 7.98. The van der Waals surface area contributed by atoms with Crippen molar-refractivity contribution in [3.05, 3.63) is 45.6 Å². The largest absolute Gasteiger partial charge is 0.492 e. The molecular weight excluding hydrogens is 494 g/mol. The van der Waals surface area contributed by atoms with Gasteiger partial charge in [0.2, 0.25) is 11.7 Å². The van der Waals surface area contributed by atoms with Gasteiger partial charge in [-0.3, -0.25) is 9.59 Å². The number of rotatable bonds is 6. The molecule has 3 rings (SSSR count). The maximum Gasteiger partial charge on any atom is 0.417 e. The van der Waals surface area contributed by atoms with Gasteiger partial charge in [0, 0.05) is 12.5 Å². The van der Waals surface area contributed by atoms with E-state index in [-0.39, 0.29) is 5.43 Å².